The Kier molecular flexibility index (Phi) is 6.36. The van der Waals surface area contributed by atoms with E-state index in [4.69, 9.17) is 5.73 Å². The molecule has 4 heteroatoms. The third-order valence-electron chi connectivity index (χ3n) is 2.85. The van der Waals surface area contributed by atoms with Gasteiger partial charge in [0.2, 0.25) is 5.91 Å². The van der Waals surface area contributed by atoms with Crippen LogP contribution in [0.1, 0.15) is 32.3 Å². The minimum Gasteiger partial charge on any atom is -0.352 e. The van der Waals surface area contributed by atoms with Gasteiger partial charge in [0, 0.05) is 25.4 Å². The summed E-state index contributed by atoms with van der Waals surface area (Å²) in [6.07, 6.45) is 4.96. The van der Waals surface area contributed by atoms with Crippen molar-refractivity contribution in [3.8, 4) is 0 Å². The highest BCUT2D eigenvalue weighted by molar-refractivity contribution is 5.76. The van der Waals surface area contributed by atoms with Crippen molar-refractivity contribution in [2.24, 2.45) is 17.6 Å². The fourth-order valence-corrected chi connectivity index (χ4v) is 1.97. The molecule has 4 nitrogen and oxygen atoms in total. The van der Waals surface area contributed by atoms with Crippen LogP contribution < -0.4 is 11.1 Å². The number of pyridine rings is 1. The second kappa shape index (κ2) is 7.82. The Balaban J connectivity index is 2.32. The molecule has 0 fully saturated rings. The molecule has 3 N–H and O–H groups in total. The molecule has 0 saturated carbocycles. The summed E-state index contributed by atoms with van der Waals surface area (Å²) < 4.78 is 0. The van der Waals surface area contributed by atoms with Gasteiger partial charge >= 0.3 is 0 Å². The molecule has 0 radical (unpaired) electrons. The Morgan fingerprint density at radius 2 is 2.06 bits per heavy atom. The Hall–Kier alpha value is -1.42. The van der Waals surface area contributed by atoms with E-state index in [-0.39, 0.29) is 11.8 Å². The summed E-state index contributed by atoms with van der Waals surface area (Å²) in [5.74, 6) is 0.928. The molecule has 1 aromatic heterocycles. The fourth-order valence-electron chi connectivity index (χ4n) is 1.97. The smallest absolute Gasteiger partial charge is 0.220 e. The fraction of sp³-hybridized carbons (Fsp3) is 0.571. The van der Waals surface area contributed by atoms with Crippen LogP contribution in [-0.4, -0.2) is 17.4 Å². The lowest BCUT2D eigenvalue weighted by molar-refractivity contribution is -0.122. The molecule has 0 spiro atoms. The van der Waals surface area contributed by atoms with Gasteiger partial charge in [-0.15, -0.1) is 0 Å². The highest BCUT2D eigenvalue weighted by atomic mass is 16.1. The number of hydrogen-bond donors (Lipinski definition) is 2. The molecule has 1 unspecified atom stereocenters. The van der Waals surface area contributed by atoms with Gasteiger partial charge in [-0.05, 0) is 42.5 Å². The zero-order chi connectivity index (χ0) is 13.4. The molecule has 100 valence electrons. The molecule has 1 amide bonds. The monoisotopic (exact) mass is 249 g/mol. The molecule has 0 saturated heterocycles. The van der Waals surface area contributed by atoms with Gasteiger partial charge in [0.05, 0.1) is 0 Å². The van der Waals surface area contributed by atoms with Gasteiger partial charge in [0.25, 0.3) is 0 Å². The topological polar surface area (TPSA) is 68.0 Å². The first-order valence-corrected chi connectivity index (χ1v) is 6.47. The lowest BCUT2D eigenvalue weighted by atomic mass is 9.94. The maximum absolute atomic E-state index is 11.8. The van der Waals surface area contributed by atoms with E-state index in [1.165, 1.54) is 0 Å². The van der Waals surface area contributed by atoms with Crippen molar-refractivity contribution in [1.29, 1.82) is 0 Å². The molecule has 1 aromatic rings. The first kappa shape index (κ1) is 14.6. The average Bonchev–Trinajstić information content (AvgIpc) is 2.36. The molecule has 0 aliphatic carbocycles. The maximum Gasteiger partial charge on any atom is 0.220 e. The van der Waals surface area contributed by atoms with E-state index in [0.717, 1.165) is 12.0 Å². The molecule has 1 heterocycles. The predicted octanol–water partition coefficient (Wildman–Crippen LogP) is 1.71. The van der Waals surface area contributed by atoms with Crippen LogP contribution in [0.15, 0.2) is 24.5 Å². The lowest BCUT2D eigenvalue weighted by Gasteiger charge is -2.16. The van der Waals surface area contributed by atoms with E-state index in [2.05, 4.69) is 24.1 Å². The second-order valence-corrected chi connectivity index (χ2v) is 5.07. The number of aromatic nitrogens is 1. The van der Waals surface area contributed by atoms with E-state index in [1.54, 1.807) is 12.4 Å². The van der Waals surface area contributed by atoms with E-state index >= 15 is 0 Å². The van der Waals surface area contributed by atoms with Crippen molar-refractivity contribution < 1.29 is 4.79 Å². The summed E-state index contributed by atoms with van der Waals surface area (Å²) in [6.45, 7) is 5.43. The highest BCUT2D eigenvalue weighted by Crippen LogP contribution is 2.14. The van der Waals surface area contributed by atoms with Crippen LogP contribution in [0.2, 0.25) is 0 Å². The normalized spacial score (nSPS) is 12.4. The van der Waals surface area contributed by atoms with Gasteiger partial charge in [-0.25, -0.2) is 0 Å². The zero-order valence-corrected chi connectivity index (χ0v) is 11.2. The average molecular weight is 249 g/mol. The number of carbonyl (C=O) groups is 1. The zero-order valence-electron chi connectivity index (χ0n) is 11.2. The SMILES string of the molecule is CC(C)CC(CN)CC(=O)NCc1ccncc1. The summed E-state index contributed by atoms with van der Waals surface area (Å²) in [7, 11) is 0. The third kappa shape index (κ3) is 5.77. The molecule has 0 aromatic carbocycles. The Morgan fingerprint density at radius 1 is 1.39 bits per heavy atom. The molecule has 1 rings (SSSR count). The summed E-state index contributed by atoms with van der Waals surface area (Å²) >= 11 is 0. The predicted molar refractivity (Wildman–Crippen MR) is 72.7 cm³/mol. The summed E-state index contributed by atoms with van der Waals surface area (Å²) in [4.78, 5) is 15.7. The second-order valence-electron chi connectivity index (χ2n) is 5.07. The number of carbonyl (C=O) groups excluding carboxylic acids is 1. The molecule has 0 aliphatic rings. The van der Waals surface area contributed by atoms with E-state index < -0.39 is 0 Å². The van der Waals surface area contributed by atoms with E-state index in [0.29, 0.717) is 25.4 Å². The summed E-state index contributed by atoms with van der Waals surface area (Å²) in [5, 5.41) is 2.91. The van der Waals surface area contributed by atoms with Gasteiger partial charge in [-0.2, -0.15) is 0 Å². The van der Waals surface area contributed by atoms with Crippen LogP contribution in [0.4, 0.5) is 0 Å². The van der Waals surface area contributed by atoms with Gasteiger partial charge in [0.1, 0.15) is 0 Å². The van der Waals surface area contributed by atoms with Crippen LogP contribution in [-0.2, 0) is 11.3 Å². The van der Waals surface area contributed by atoms with Crippen LogP contribution >= 0.6 is 0 Å². The Bertz CT molecular complexity index is 351. The molecule has 18 heavy (non-hydrogen) atoms. The van der Waals surface area contributed by atoms with Crippen LogP contribution in [0.3, 0.4) is 0 Å². The lowest BCUT2D eigenvalue weighted by Crippen LogP contribution is -2.28. The molecular formula is C14H23N3O. The first-order chi connectivity index (χ1) is 8.61. The van der Waals surface area contributed by atoms with E-state index in [9.17, 15) is 4.79 Å². The van der Waals surface area contributed by atoms with Crippen molar-refractivity contribution >= 4 is 5.91 Å². The standard InChI is InChI=1S/C14H23N3O/c1-11(2)7-13(9-15)8-14(18)17-10-12-3-5-16-6-4-12/h3-6,11,13H,7-10,15H2,1-2H3,(H,17,18). The Morgan fingerprint density at radius 3 is 2.61 bits per heavy atom. The van der Waals surface area contributed by atoms with Gasteiger partial charge in [0.15, 0.2) is 0 Å². The molecule has 0 bridgehead atoms. The van der Waals surface area contributed by atoms with Gasteiger partial charge < -0.3 is 11.1 Å². The minimum atomic E-state index is 0.0721. The summed E-state index contributed by atoms with van der Waals surface area (Å²) in [5.41, 5.74) is 6.75. The minimum absolute atomic E-state index is 0.0721. The van der Waals surface area contributed by atoms with Crippen molar-refractivity contribution in [2.75, 3.05) is 6.54 Å². The van der Waals surface area contributed by atoms with Gasteiger partial charge in [-0.3, -0.25) is 9.78 Å². The van der Waals surface area contributed by atoms with Gasteiger partial charge in [-0.1, -0.05) is 13.8 Å². The van der Waals surface area contributed by atoms with Crippen LogP contribution in [0.25, 0.3) is 0 Å². The molecular weight excluding hydrogens is 226 g/mol. The number of amides is 1. The highest BCUT2D eigenvalue weighted by Gasteiger charge is 2.13. The third-order valence-corrected chi connectivity index (χ3v) is 2.85. The van der Waals surface area contributed by atoms with Crippen LogP contribution in [0, 0.1) is 11.8 Å². The molecule has 0 aliphatic heterocycles. The van der Waals surface area contributed by atoms with Crippen molar-refractivity contribution in [3.05, 3.63) is 30.1 Å². The number of nitrogens with zero attached hydrogens (tertiary/aromatic N) is 1. The van der Waals surface area contributed by atoms with E-state index in [1.807, 2.05) is 12.1 Å². The largest absolute Gasteiger partial charge is 0.352 e. The Labute approximate surface area is 109 Å². The maximum atomic E-state index is 11.8. The van der Waals surface area contributed by atoms with Crippen LogP contribution in [0.5, 0.6) is 0 Å². The van der Waals surface area contributed by atoms with Crippen molar-refractivity contribution in [3.63, 3.8) is 0 Å². The summed E-state index contributed by atoms with van der Waals surface area (Å²) in [6, 6.07) is 3.80. The first-order valence-electron chi connectivity index (χ1n) is 6.47. The van der Waals surface area contributed by atoms with Crippen molar-refractivity contribution in [2.45, 2.75) is 33.2 Å². The number of nitrogens with one attached hydrogen (secondary N) is 1. The van der Waals surface area contributed by atoms with Crippen molar-refractivity contribution in [1.82, 2.24) is 10.3 Å². The molecule has 1 atom stereocenters. The number of nitrogens with two attached hydrogens (primary N) is 1. The quantitative estimate of drug-likeness (QED) is 0.773. The number of rotatable bonds is 7. The number of hydrogen-bond acceptors (Lipinski definition) is 3.